The van der Waals surface area contributed by atoms with E-state index in [1.807, 2.05) is 11.1 Å². The van der Waals surface area contributed by atoms with Crippen molar-refractivity contribution in [1.29, 1.82) is 0 Å². The Morgan fingerprint density at radius 3 is 2.52 bits per heavy atom. The number of fused-ring (bicyclic) bond motifs is 1. The number of rotatable bonds is 5. The molecule has 0 bridgehead atoms. The summed E-state index contributed by atoms with van der Waals surface area (Å²) in [7, 11) is 0.376. The molecular formula is C16H27N5O3S. The Morgan fingerprint density at radius 1 is 1.24 bits per heavy atom. The number of nitrogens with zero attached hydrogens (tertiary/aromatic N) is 5. The molecule has 25 heavy (non-hydrogen) atoms. The molecule has 1 aromatic heterocycles. The van der Waals surface area contributed by atoms with Gasteiger partial charge in [0.2, 0.25) is 5.91 Å². The first-order valence-corrected chi connectivity index (χ1v) is 10.5. The normalized spacial score (nSPS) is 26.5. The molecule has 140 valence electrons. The van der Waals surface area contributed by atoms with Crippen molar-refractivity contribution < 1.29 is 13.2 Å². The molecular weight excluding hydrogens is 342 g/mol. The molecule has 0 radical (unpaired) electrons. The predicted octanol–water partition coefficient (Wildman–Crippen LogP) is -0.726. The van der Waals surface area contributed by atoms with Crippen molar-refractivity contribution in [3.8, 4) is 0 Å². The monoisotopic (exact) mass is 369 g/mol. The van der Waals surface area contributed by atoms with Crippen LogP contribution in [0.1, 0.15) is 12.7 Å². The van der Waals surface area contributed by atoms with Crippen LogP contribution in [0, 0.1) is 0 Å². The van der Waals surface area contributed by atoms with Gasteiger partial charge in [0.05, 0.1) is 24.6 Å². The van der Waals surface area contributed by atoms with E-state index in [9.17, 15) is 13.2 Å². The lowest BCUT2D eigenvalue weighted by Crippen LogP contribution is -2.60. The van der Waals surface area contributed by atoms with E-state index in [4.69, 9.17) is 0 Å². The molecule has 9 heteroatoms. The molecule has 0 saturated carbocycles. The van der Waals surface area contributed by atoms with Crippen LogP contribution in [0.15, 0.2) is 12.4 Å². The lowest BCUT2D eigenvalue weighted by Gasteiger charge is -2.43. The van der Waals surface area contributed by atoms with Crippen molar-refractivity contribution in [3.05, 3.63) is 18.2 Å². The number of piperazine rings is 1. The van der Waals surface area contributed by atoms with Crippen molar-refractivity contribution >= 4 is 15.7 Å². The van der Waals surface area contributed by atoms with Crippen molar-refractivity contribution in [1.82, 2.24) is 24.3 Å². The Balaban J connectivity index is 1.77. The fourth-order valence-corrected chi connectivity index (χ4v) is 5.81. The number of carbonyl (C=O) groups is 1. The van der Waals surface area contributed by atoms with Crippen LogP contribution in [0.2, 0.25) is 0 Å². The Morgan fingerprint density at radius 2 is 1.88 bits per heavy atom. The second-order valence-corrected chi connectivity index (χ2v) is 9.22. The van der Waals surface area contributed by atoms with Gasteiger partial charge in [0, 0.05) is 58.2 Å². The SMILES string of the molecule is CCn1ccnc1CN1CCN(CC(=O)N(C)C)[C@H]2CS(=O)(=O)C[C@H]21. The first-order valence-electron chi connectivity index (χ1n) is 8.69. The van der Waals surface area contributed by atoms with Gasteiger partial charge in [0.1, 0.15) is 5.82 Å². The molecule has 0 N–H and O–H groups in total. The highest BCUT2D eigenvalue weighted by molar-refractivity contribution is 7.91. The van der Waals surface area contributed by atoms with Crippen LogP contribution in [0.25, 0.3) is 0 Å². The highest BCUT2D eigenvalue weighted by Crippen LogP contribution is 2.28. The molecule has 0 aliphatic carbocycles. The van der Waals surface area contributed by atoms with Gasteiger partial charge in [-0.2, -0.15) is 0 Å². The zero-order chi connectivity index (χ0) is 18.2. The maximum Gasteiger partial charge on any atom is 0.236 e. The van der Waals surface area contributed by atoms with E-state index in [0.29, 0.717) is 13.1 Å². The van der Waals surface area contributed by atoms with Gasteiger partial charge in [-0.3, -0.25) is 14.6 Å². The van der Waals surface area contributed by atoms with Crippen LogP contribution in [0.3, 0.4) is 0 Å². The molecule has 2 saturated heterocycles. The van der Waals surface area contributed by atoms with Gasteiger partial charge in [-0.25, -0.2) is 13.4 Å². The lowest BCUT2D eigenvalue weighted by atomic mass is 10.0. The summed E-state index contributed by atoms with van der Waals surface area (Å²) in [5, 5.41) is 0. The average molecular weight is 369 g/mol. The number of likely N-dealkylation sites (N-methyl/N-ethyl adjacent to an activating group) is 1. The maximum absolute atomic E-state index is 12.3. The van der Waals surface area contributed by atoms with Crippen molar-refractivity contribution in [3.63, 3.8) is 0 Å². The van der Waals surface area contributed by atoms with E-state index >= 15 is 0 Å². The van der Waals surface area contributed by atoms with Gasteiger partial charge >= 0.3 is 0 Å². The van der Waals surface area contributed by atoms with E-state index in [0.717, 1.165) is 18.9 Å². The van der Waals surface area contributed by atoms with Crippen LogP contribution >= 0.6 is 0 Å². The Kier molecular flexibility index (Phi) is 5.17. The van der Waals surface area contributed by atoms with Crippen LogP contribution in [0.4, 0.5) is 0 Å². The summed E-state index contributed by atoms with van der Waals surface area (Å²) < 4.78 is 26.6. The van der Waals surface area contributed by atoms with Gasteiger partial charge < -0.3 is 9.47 Å². The fraction of sp³-hybridized carbons (Fsp3) is 0.750. The molecule has 3 rings (SSSR count). The van der Waals surface area contributed by atoms with Crippen LogP contribution < -0.4 is 0 Å². The van der Waals surface area contributed by atoms with E-state index in [-0.39, 0.29) is 36.0 Å². The highest BCUT2D eigenvalue weighted by Gasteiger charge is 2.47. The number of aryl methyl sites for hydroxylation is 1. The van der Waals surface area contributed by atoms with E-state index < -0.39 is 9.84 Å². The average Bonchev–Trinajstić information content (AvgIpc) is 3.12. The Labute approximate surface area is 149 Å². The second-order valence-electron chi connectivity index (χ2n) is 7.07. The Bertz CT molecular complexity index is 730. The number of hydrogen-bond donors (Lipinski definition) is 0. The number of amides is 1. The fourth-order valence-electron chi connectivity index (χ4n) is 3.77. The van der Waals surface area contributed by atoms with Gasteiger partial charge in [0.25, 0.3) is 0 Å². The molecule has 2 fully saturated rings. The molecule has 3 heterocycles. The zero-order valence-electron chi connectivity index (χ0n) is 15.1. The summed E-state index contributed by atoms with van der Waals surface area (Å²) in [6.07, 6.45) is 3.73. The summed E-state index contributed by atoms with van der Waals surface area (Å²) in [5.41, 5.74) is 0. The third-order valence-electron chi connectivity index (χ3n) is 5.23. The third-order valence-corrected chi connectivity index (χ3v) is 6.93. The highest BCUT2D eigenvalue weighted by atomic mass is 32.2. The minimum atomic E-state index is -3.08. The molecule has 2 aliphatic heterocycles. The third kappa shape index (κ3) is 3.88. The standard InChI is InChI=1S/C16H27N5O3S/c1-4-19-6-5-17-15(19)9-20-7-8-21(10-16(22)18(2)3)14-12-25(23,24)11-13(14)20/h5-6,13-14H,4,7-12H2,1-3H3/t13-,14+/m1/s1. The molecule has 0 unspecified atom stereocenters. The van der Waals surface area contributed by atoms with Crippen LogP contribution in [0.5, 0.6) is 0 Å². The van der Waals surface area contributed by atoms with Gasteiger partial charge in [-0.15, -0.1) is 0 Å². The lowest BCUT2D eigenvalue weighted by molar-refractivity contribution is -0.131. The summed E-state index contributed by atoms with van der Waals surface area (Å²) >= 11 is 0. The van der Waals surface area contributed by atoms with Crippen LogP contribution in [-0.4, -0.2) is 95.9 Å². The molecule has 0 spiro atoms. The minimum Gasteiger partial charge on any atom is -0.348 e. The molecule has 2 atom stereocenters. The van der Waals surface area contributed by atoms with Crippen molar-refractivity contribution in [2.45, 2.75) is 32.1 Å². The largest absolute Gasteiger partial charge is 0.348 e. The second kappa shape index (κ2) is 7.05. The van der Waals surface area contributed by atoms with Gasteiger partial charge in [0.15, 0.2) is 9.84 Å². The molecule has 8 nitrogen and oxygen atoms in total. The Hall–Kier alpha value is -1.45. The molecule has 1 amide bonds. The minimum absolute atomic E-state index is 0.0121. The van der Waals surface area contributed by atoms with Gasteiger partial charge in [-0.1, -0.05) is 0 Å². The topological polar surface area (TPSA) is 78.8 Å². The van der Waals surface area contributed by atoms with E-state index in [1.54, 1.807) is 25.2 Å². The number of hydrogen-bond acceptors (Lipinski definition) is 6. The van der Waals surface area contributed by atoms with E-state index in [2.05, 4.69) is 21.4 Å². The summed E-state index contributed by atoms with van der Waals surface area (Å²) in [4.78, 5) is 22.3. The molecule has 2 aliphatic rings. The first kappa shape index (κ1) is 18.3. The number of imidazole rings is 1. The first-order chi connectivity index (χ1) is 11.8. The maximum atomic E-state index is 12.3. The summed E-state index contributed by atoms with van der Waals surface area (Å²) in [6, 6.07) is -0.191. The smallest absolute Gasteiger partial charge is 0.236 e. The van der Waals surface area contributed by atoms with Crippen molar-refractivity contribution in [2.24, 2.45) is 0 Å². The van der Waals surface area contributed by atoms with Crippen LogP contribution in [-0.2, 0) is 27.7 Å². The summed E-state index contributed by atoms with van der Waals surface area (Å²) in [6.45, 7) is 5.28. The number of sulfone groups is 1. The number of carbonyl (C=O) groups excluding carboxylic acids is 1. The predicted molar refractivity (Wildman–Crippen MR) is 94.8 cm³/mol. The molecule has 0 aromatic carbocycles. The van der Waals surface area contributed by atoms with Crippen molar-refractivity contribution in [2.75, 3.05) is 45.2 Å². The number of aromatic nitrogens is 2. The quantitative estimate of drug-likeness (QED) is 0.681. The zero-order valence-corrected chi connectivity index (χ0v) is 15.9. The van der Waals surface area contributed by atoms with Gasteiger partial charge in [-0.05, 0) is 6.92 Å². The van der Waals surface area contributed by atoms with E-state index in [1.165, 1.54) is 0 Å². The summed E-state index contributed by atoms with van der Waals surface area (Å²) in [5.74, 6) is 1.27. The molecule has 1 aromatic rings.